The first-order chi connectivity index (χ1) is 9.20. The van der Waals surface area contributed by atoms with E-state index in [-0.39, 0.29) is 0 Å². The van der Waals surface area contributed by atoms with Gasteiger partial charge < -0.3 is 10.5 Å². The fourth-order valence-electron chi connectivity index (χ4n) is 2.89. The number of hydrogen-bond donors (Lipinski definition) is 1. The largest absolute Gasteiger partial charge is 0.492 e. The summed E-state index contributed by atoms with van der Waals surface area (Å²) in [4.78, 5) is 2.57. The zero-order valence-electron chi connectivity index (χ0n) is 12.1. The average Bonchev–Trinajstić information content (AvgIpc) is 2.88. The van der Waals surface area contributed by atoms with Crippen LogP contribution in [-0.2, 0) is 6.54 Å². The summed E-state index contributed by atoms with van der Waals surface area (Å²) < 4.78 is 5.81. The highest BCUT2D eigenvalue weighted by Crippen LogP contribution is 2.23. The number of nitrogens with zero attached hydrogens (tertiary/aromatic N) is 1. The highest BCUT2D eigenvalue weighted by molar-refractivity contribution is 5.27. The molecule has 2 rings (SSSR count). The monoisotopic (exact) mass is 262 g/mol. The van der Waals surface area contributed by atoms with Crippen molar-refractivity contribution in [1.29, 1.82) is 0 Å². The van der Waals surface area contributed by atoms with Gasteiger partial charge in [0.05, 0.1) is 0 Å². The molecule has 1 aliphatic heterocycles. The van der Waals surface area contributed by atoms with Gasteiger partial charge in [-0.3, -0.25) is 4.90 Å². The number of nitrogens with two attached hydrogens (primary N) is 1. The molecule has 0 radical (unpaired) electrons. The van der Waals surface area contributed by atoms with Crippen LogP contribution in [0.1, 0.15) is 32.3 Å². The number of likely N-dealkylation sites (tertiary alicyclic amines) is 1. The third-order valence-electron chi connectivity index (χ3n) is 3.99. The fourth-order valence-corrected chi connectivity index (χ4v) is 2.89. The van der Waals surface area contributed by atoms with Crippen LogP contribution in [0.2, 0.25) is 0 Å². The van der Waals surface area contributed by atoms with Gasteiger partial charge in [-0.1, -0.05) is 26.0 Å². The zero-order chi connectivity index (χ0) is 13.7. The molecule has 1 fully saturated rings. The summed E-state index contributed by atoms with van der Waals surface area (Å²) in [6.45, 7) is 8.24. The van der Waals surface area contributed by atoms with Crippen molar-refractivity contribution in [3.63, 3.8) is 0 Å². The normalized spacial score (nSPS) is 20.1. The molecule has 3 heteroatoms. The van der Waals surface area contributed by atoms with Crippen molar-refractivity contribution in [1.82, 2.24) is 4.90 Å². The molecule has 3 nitrogen and oxygen atoms in total. The quantitative estimate of drug-likeness (QED) is 0.856. The second kappa shape index (κ2) is 6.92. The number of benzene rings is 1. The van der Waals surface area contributed by atoms with Gasteiger partial charge in [0.1, 0.15) is 12.4 Å². The molecule has 0 bridgehead atoms. The van der Waals surface area contributed by atoms with Gasteiger partial charge in [0.2, 0.25) is 0 Å². The van der Waals surface area contributed by atoms with E-state index < -0.39 is 0 Å². The van der Waals surface area contributed by atoms with Crippen LogP contribution in [0.4, 0.5) is 0 Å². The van der Waals surface area contributed by atoms with E-state index in [1.54, 1.807) is 0 Å². The Labute approximate surface area is 116 Å². The maximum atomic E-state index is 5.81. The maximum absolute atomic E-state index is 5.81. The first kappa shape index (κ1) is 14.4. The van der Waals surface area contributed by atoms with Crippen LogP contribution < -0.4 is 10.5 Å². The first-order valence-corrected chi connectivity index (χ1v) is 7.36. The molecule has 1 aromatic rings. The highest BCUT2D eigenvalue weighted by Gasteiger charge is 2.26. The third-order valence-corrected chi connectivity index (χ3v) is 3.99. The molecule has 19 heavy (non-hydrogen) atoms. The SMILES string of the molecule is CC(C)C1CCCN1CCOc1ccc(CN)cc1. The Morgan fingerprint density at radius 2 is 2.05 bits per heavy atom. The number of ether oxygens (including phenoxy) is 1. The third kappa shape index (κ3) is 3.95. The van der Waals surface area contributed by atoms with E-state index in [9.17, 15) is 0 Å². The molecule has 106 valence electrons. The molecule has 1 heterocycles. The summed E-state index contributed by atoms with van der Waals surface area (Å²) in [6, 6.07) is 8.81. The minimum Gasteiger partial charge on any atom is -0.492 e. The van der Waals surface area contributed by atoms with Gasteiger partial charge in [0, 0.05) is 19.1 Å². The van der Waals surface area contributed by atoms with E-state index in [0.29, 0.717) is 6.54 Å². The van der Waals surface area contributed by atoms with Gasteiger partial charge in [-0.15, -0.1) is 0 Å². The van der Waals surface area contributed by atoms with Crippen LogP contribution >= 0.6 is 0 Å². The van der Waals surface area contributed by atoms with Gasteiger partial charge in [-0.25, -0.2) is 0 Å². The molecule has 0 spiro atoms. The lowest BCUT2D eigenvalue weighted by Crippen LogP contribution is -2.36. The van der Waals surface area contributed by atoms with E-state index in [2.05, 4.69) is 18.7 Å². The van der Waals surface area contributed by atoms with E-state index >= 15 is 0 Å². The fraction of sp³-hybridized carbons (Fsp3) is 0.625. The molecule has 1 saturated heterocycles. The Balaban J connectivity index is 1.76. The summed E-state index contributed by atoms with van der Waals surface area (Å²) in [5, 5.41) is 0. The molecule has 0 saturated carbocycles. The molecular weight excluding hydrogens is 236 g/mol. The molecule has 1 atom stereocenters. The second-order valence-corrected chi connectivity index (χ2v) is 5.69. The smallest absolute Gasteiger partial charge is 0.119 e. The molecule has 1 aliphatic rings. The van der Waals surface area contributed by atoms with Crippen molar-refractivity contribution in [2.24, 2.45) is 11.7 Å². The molecule has 0 aromatic heterocycles. The Morgan fingerprint density at radius 1 is 1.32 bits per heavy atom. The summed E-state index contributed by atoms with van der Waals surface area (Å²) >= 11 is 0. The van der Waals surface area contributed by atoms with E-state index in [4.69, 9.17) is 10.5 Å². The second-order valence-electron chi connectivity index (χ2n) is 5.69. The van der Waals surface area contributed by atoms with Crippen LogP contribution in [0.15, 0.2) is 24.3 Å². The molecule has 1 unspecified atom stereocenters. The Kier molecular flexibility index (Phi) is 5.23. The minimum atomic E-state index is 0.587. The van der Waals surface area contributed by atoms with Gasteiger partial charge in [0.15, 0.2) is 0 Å². The Hall–Kier alpha value is -1.06. The molecule has 0 amide bonds. The highest BCUT2D eigenvalue weighted by atomic mass is 16.5. The van der Waals surface area contributed by atoms with E-state index in [1.807, 2.05) is 24.3 Å². The summed E-state index contributed by atoms with van der Waals surface area (Å²) in [6.07, 6.45) is 2.66. The van der Waals surface area contributed by atoms with Crippen LogP contribution in [-0.4, -0.2) is 30.6 Å². The Morgan fingerprint density at radius 3 is 2.68 bits per heavy atom. The first-order valence-electron chi connectivity index (χ1n) is 7.36. The van der Waals surface area contributed by atoms with E-state index in [0.717, 1.165) is 36.4 Å². The molecular formula is C16H26N2O. The van der Waals surface area contributed by atoms with Gasteiger partial charge in [-0.05, 0) is 43.0 Å². The van der Waals surface area contributed by atoms with Crippen molar-refractivity contribution in [2.45, 2.75) is 39.3 Å². The van der Waals surface area contributed by atoms with Crippen molar-refractivity contribution in [2.75, 3.05) is 19.7 Å². The Bertz CT molecular complexity index is 375. The van der Waals surface area contributed by atoms with Gasteiger partial charge >= 0.3 is 0 Å². The molecule has 1 aromatic carbocycles. The lowest BCUT2D eigenvalue weighted by Gasteiger charge is -2.27. The van der Waals surface area contributed by atoms with Crippen molar-refractivity contribution in [3.8, 4) is 5.75 Å². The maximum Gasteiger partial charge on any atom is 0.119 e. The van der Waals surface area contributed by atoms with E-state index in [1.165, 1.54) is 19.4 Å². The predicted octanol–water partition coefficient (Wildman–Crippen LogP) is 2.64. The van der Waals surface area contributed by atoms with Crippen LogP contribution in [0.5, 0.6) is 5.75 Å². The summed E-state index contributed by atoms with van der Waals surface area (Å²) in [5.41, 5.74) is 6.72. The van der Waals surface area contributed by atoms with Crippen molar-refractivity contribution >= 4 is 0 Å². The lowest BCUT2D eigenvalue weighted by molar-refractivity contribution is 0.168. The predicted molar refractivity (Wildman–Crippen MR) is 79.3 cm³/mol. The minimum absolute atomic E-state index is 0.587. The van der Waals surface area contributed by atoms with Crippen LogP contribution in [0, 0.1) is 5.92 Å². The van der Waals surface area contributed by atoms with Crippen molar-refractivity contribution < 1.29 is 4.74 Å². The molecule has 2 N–H and O–H groups in total. The lowest BCUT2D eigenvalue weighted by atomic mass is 10.0. The summed E-state index contributed by atoms with van der Waals surface area (Å²) in [5.74, 6) is 1.68. The van der Waals surface area contributed by atoms with Gasteiger partial charge in [0.25, 0.3) is 0 Å². The molecule has 0 aliphatic carbocycles. The summed E-state index contributed by atoms with van der Waals surface area (Å²) in [7, 11) is 0. The average molecular weight is 262 g/mol. The van der Waals surface area contributed by atoms with Gasteiger partial charge in [-0.2, -0.15) is 0 Å². The van der Waals surface area contributed by atoms with Crippen molar-refractivity contribution in [3.05, 3.63) is 29.8 Å². The topological polar surface area (TPSA) is 38.5 Å². The number of hydrogen-bond acceptors (Lipinski definition) is 3. The standard InChI is InChI=1S/C16H26N2O/c1-13(2)16-4-3-9-18(16)10-11-19-15-7-5-14(12-17)6-8-15/h5-8,13,16H,3-4,9-12,17H2,1-2H3. The number of rotatable bonds is 6. The van der Waals surface area contributed by atoms with Crippen LogP contribution in [0.25, 0.3) is 0 Å². The van der Waals surface area contributed by atoms with Crippen LogP contribution in [0.3, 0.4) is 0 Å². The zero-order valence-corrected chi connectivity index (χ0v) is 12.1.